The number of Topliss-reactive ketones (excluding diaryl/α,β-unsaturated/α-hetero) is 1. The van der Waals surface area contributed by atoms with Crippen molar-refractivity contribution in [2.75, 3.05) is 12.9 Å². The van der Waals surface area contributed by atoms with E-state index in [1.165, 1.54) is 17.3 Å². The quantitative estimate of drug-likeness (QED) is 0.248. The summed E-state index contributed by atoms with van der Waals surface area (Å²) in [6.07, 6.45) is 0. The van der Waals surface area contributed by atoms with E-state index in [9.17, 15) is 4.79 Å². The third kappa shape index (κ3) is 4.62. The predicted molar refractivity (Wildman–Crippen MR) is 128 cm³/mol. The van der Waals surface area contributed by atoms with Crippen LogP contribution in [0.5, 0.6) is 5.75 Å². The van der Waals surface area contributed by atoms with Gasteiger partial charge in [0.1, 0.15) is 22.0 Å². The minimum Gasteiger partial charge on any atom is -0.497 e. The van der Waals surface area contributed by atoms with Crippen LogP contribution in [0.3, 0.4) is 0 Å². The molecular formula is C24H23N3O2S2. The molecule has 0 saturated heterocycles. The van der Waals surface area contributed by atoms with Crippen molar-refractivity contribution in [3.8, 4) is 17.0 Å². The van der Waals surface area contributed by atoms with Crippen molar-refractivity contribution >= 4 is 39.1 Å². The molecule has 0 saturated carbocycles. The number of carbonyl (C=O) groups excluding carboxylic acids is 1. The molecule has 0 atom stereocenters. The number of hydrogen-bond donors (Lipinski definition) is 0. The summed E-state index contributed by atoms with van der Waals surface area (Å²) in [5, 5.41) is 10.5. The van der Waals surface area contributed by atoms with Gasteiger partial charge in [0.05, 0.1) is 22.6 Å². The first-order chi connectivity index (χ1) is 15.0. The summed E-state index contributed by atoms with van der Waals surface area (Å²) in [5.74, 6) is 1.60. The van der Waals surface area contributed by atoms with E-state index in [0.29, 0.717) is 22.3 Å². The zero-order valence-electron chi connectivity index (χ0n) is 17.9. The van der Waals surface area contributed by atoms with E-state index in [1.54, 1.807) is 18.4 Å². The SMILES string of the molecule is COc1ccc(-c2nnc(SCC(=O)c3ccc(C(C)C)cc3)c3nc(C)sc23)cc1. The number of thioether (sulfide) groups is 1. The number of aromatic nitrogens is 3. The Bertz CT molecular complexity index is 1220. The summed E-state index contributed by atoms with van der Waals surface area (Å²) < 4.78 is 6.22. The first kappa shape index (κ1) is 21.5. The van der Waals surface area contributed by atoms with Crippen LogP contribution in [-0.4, -0.2) is 33.8 Å². The Balaban J connectivity index is 1.58. The fraction of sp³-hybridized carbons (Fsp3) is 0.250. The molecule has 31 heavy (non-hydrogen) atoms. The summed E-state index contributed by atoms with van der Waals surface area (Å²) >= 11 is 2.98. The normalized spacial score (nSPS) is 11.3. The maximum Gasteiger partial charge on any atom is 0.173 e. The number of carbonyl (C=O) groups is 1. The Morgan fingerprint density at radius 1 is 1.06 bits per heavy atom. The molecule has 0 amide bonds. The fourth-order valence-electron chi connectivity index (χ4n) is 3.23. The second-order valence-electron chi connectivity index (χ2n) is 7.48. The molecule has 0 aliphatic rings. The highest BCUT2D eigenvalue weighted by Gasteiger charge is 2.17. The molecule has 158 valence electrons. The van der Waals surface area contributed by atoms with E-state index in [-0.39, 0.29) is 5.78 Å². The second kappa shape index (κ2) is 9.16. The molecule has 0 bridgehead atoms. The van der Waals surface area contributed by atoms with Gasteiger partial charge in [0.25, 0.3) is 0 Å². The first-order valence-electron chi connectivity index (χ1n) is 10.0. The number of benzene rings is 2. The lowest BCUT2D eigenvalue weighted by molar-refractivity contribution is 0.102. The maximum atomic E-state index is 12.7. The van der Waals surface area contributed by atoms with Crippen LogP contribution >= 0.6 is 23.1 Å². The maximum absolute atomic E-state index is 12.7. The van der Waals surface area contributed by atoms with E-state index >= 15 is 0 Å². The zero-order valence-corrected chi connectivity index (χ0v) is 19.5. The highest BCUT2D eigenvalue weighted by atomic mass is 32.2. The summed E-state index contributed by atoms with van der Waals surface area (Å²) in [4.78, 5) is 17.4. The van der Waals surface area contributed by atoms with Gasteiger partial charge in [-0.1, -0.05) is 49.9 Å². The lowest BCUT2D eigenvalue weighted by Crippen LogP contribution is -2.03. The molecule has 0 radical (unpaired) electrons. The Hall–Kier alpha value is -2.77. The van der Waals surface area contributed by atoms with Crippen molar-refractivity contribution in [1.29, 1.82) is 0 Å². The number of methoxy groups -OCH3 is 1. The van der Waals surface area contributed by atoms with Crippen molar-refractivity contribution in [1.82, 2.24) is 15.2 Å². The molecule has 4 aromatic rings. The predicted octanol–water partition coefficient (Wildman–Crippen LogP) is 6.17. The van der Waals surface area contributed by atoms with Gasteiger partial charge in [0.15, 0.2) is 5.78 Å². The van der Waals surface area contributed by atoms with Crippen molar-refractivity contribution in [3.05, 3.63) is 64.7 Å². The molecule has 0 aliphatic carbocycles. The van der Waals surface area contributed by atoms with Gasteiger partial charge in [-0.05, 0) is 42.7 Å². The Morgan fingerprint density at radius 2 is 1.77 bits per heavy atom. The molecule has 0 N–H and O–H groups in total. The van der Waals surface area contributed by atoms with Crippen molar-refractivity contribution < 1.29 is 9.53 Å². The third-order valence-corrected chi connectivity index (χ3v) is 6.93. The summed E-state index contributed by atoms with van der Waals surface area (Å²) in [6, 6.07) is 15.6. The average Bonchev–Trinajstić information content (AvgIpc) is 3.19. The average molecular weight is 450 g/mol. The second-order valence-corrected chi connectivity index (χ2v) is 9.65. The minimum absolute atomic E-state index is 0.0708. The van der Waals surface area contributed by atoms with Gasteiger partial charge in [-0.15, -0.1) is 21.5 Å². The molecule has 0 spiro atoms. The number of hydrogen-bond acceptors (Lipinski definition) is 7. The van der Waals surface area contributed by atoms with Crippen LogP contribution in [-0.2, 0) is 0 Å². The van der Waals surface area contributed by atoms with Gasteiger partial charge in [0, 0.05) is 11.1 Å². The van der Waals surface area contributed by atoms with Crippen molar-refractivity contribution in [3.63, 3.8) is 0 Å². The summed E-state index contributed by atoms with van der Waals surface area (Å²) in [5.41, 5.74) is 4.49. The number of thiazole rings is 1. The van der Waals surface area contributed by atoms with E-state index in [4.69, 9.17) is 4.74 Å². The Kier molecular flexibility index (Phi) is 6.34. The smallest absolute Gasteiger partial charge is 0.173 e. The zero-order chi connectivity index (χ0) is 22.0. The van der Waals surface area contributed by atoms with Crippen LogP contribution in [0, 0.1) is 6.92 Å². The molecule has 0 aliphatic heterocycles. The Morgan fingerprint density at radius 3 is 2.42 bits per heavy atom. The molecule has 0 fully saturated rings. The third-order valence-electron chi connectivity index (χ3n) is 5.00. The highest BCUT2D eigenvalue weighted by Crippen LogP contribution is 2.36. The molecule has 7 heteroatoms. The highest BCUT2D eigenvalue weighted by molar-refractivity contribution is 8.00. The van der Waals surface area contributed by atoms with Gasteiger partial charge in [-0.2, -0.15) is 0 Å². The Labute approximate surface area is 189 Å². The van der Waals surface area contributed by atoms with Crippen molar-refractivity contribution in [2.45, 2.75) is 31.7 Å². The number of ketones is 1. The van der Waals surface area contributed by atoms with Gasteiger partial charge in [0.2, 0.25) is 0 Å². The molecule has 2 aromatic carbocycles. The van der Waals surface area contributed by atoms with Crippen LogP contribution in [0.15, 0.2) is 53.6 Å². The van der Waals surface area contributed by atoms with Crippen LogP contribution in [0.4, 0.5) is 0 Å². The van der Waals surface area contributed by atoms with E-state index in [0.717, 1.165) is 32.2 Å². The lowest BCUT2D eigenvalue weighted by atomic mass is 10.0. The van der Waals surface area contributed by atoms with Crippen LogP contribution < -0.4 is 4.74 Å². The number of nitrogens with zero attached hydrogens (tertiary/aromatic N) is 3. The monoisotopic (exact) mass is 449 g/mol. The van der Waals surface area contributed by atoms with Crippen LogP contribution in [0.25, 0.3) is 21.5 Å². The molecule has 5 nitrogen and oxygen atoms in total. The first-order valence-corrected chi connectivity index (χ1v) is 11.8. The van der Waals surface area contributed by atoms with E-state index < -0.39 is 0 Å². The van der Waals surface area contributed by atoms with Gasteiger partial charge in [-0.25, -0.2) is 4.98 Å². The van der Waals surface area contributed by atoms with E-state index in [1.807, 2.05) is 55.5 Å². The number of fused-ring (bicyclic) bond motifs is 1. The topological polar surface area (TPSA) is 65.0 Å². The standard InChI is InChI=1S/C24H23N3O2S2/c1-14(2)16-5-7-17(8-6-16)20(28)13-30-24-22-23(31-15(3)25-22)21(26-27-24)18-9-11-19(29-4)12-10-18/h5-12,14H,13H2,1-4H3. The summed E-state index contributed by atoms with van der Waals surface area (Å²) in [7, 11) is 1.64. The largest absolute Gasteiger partial charge is 0.497 e. The minimum atomic E-state index is 0.0708. The molecule has 4 rings (SSSR count). The van der Waals surface area contributed by atoms with Gasteiger partial charge >= 0.3 is 0 Å². The molecule has 2 aromatic heterocycles. The molecule has 0 unspecified atom stereocenters. The van der Waals surface area contributed by atoms with Crippen LogP contribution in [0.2, 0.25) is 0 Å². The van der Waals surface area contributed by atoms with Gasteiger partial charge in [-0.3, -0.25) is 4.79 Å². The summed E-state index contributed by atoms with van der Waals surface area (Å²) in [6.45, 7) is 6.25. The molecular weight excluding hydrogens is 426 g/mol. The van der Waals surface area contributed by atoms with Crippen molar-refractivity contribution in [2.24, 2.45) is 0 Å². The molecule has 2 heterocycles. The fourth-order valence-corrected chi connectivity index (χ4v) is 5.04. The van der Waals surface area contributed by atoms with Crippen LogP contribution in [0.1, 0.15) is 40.7 Å². The number of aryl methyl sites for hydroxylation is 1. The van der Waals surface area contributed by atoms with Gasteiger partial charge < -0.3 is 4.74 Å². The number of ether oxygens (including phenoxy) is 1. The number of rotatable bonds is 7. The lowest BCUT2D eigenvalue weighted by Gasteiger charge is -2.07. The van der Waals surface area contributed by atoms with E-state index in [2.05, 4.69) is 29.0 Å².